The van der Waals surface area contributed by atoms with Crippen molar-refractivity contribution in [2.75, 3.05) is 11.4 Å². The number of sulfonamides is 1. The molecule has 0 atom stereocenters. The molecule has 0 aliphatic carbocycles. The second-order valence-corrected chi connectivity index (χ2v) is 7.87. The van der Waals surface area contributed by atoms with Gasteiger partial charge in [0, 0.05) is 30.1 Å². The topological polar surface area (TPSA) is 72.4 Å². The summed E-state index contributed by atoms with van der Waals surface area (Å²) in [5.41, 5.74) is 1.28. The smallest absolute Gasteiger partial charge is 0.272 e. The second kappa shape index (κ2) is 8.08. The Morgan fingerprint density at radius 1 is 1.03 bits per heavy atom. The Balaban J connectivity index is 2.18. The summed E-state index contributed by atoms with van der Waals surface area (Å²) in [6.07, 6.45) is 2.57. The van der Waals surface area contributed by atoms with Crippen LogP contribution < -0.4 is 9.04 Å². The first-order valence-corrected chi connectivity index (χ1v) is 9.76. The van der Waals surface area contributed by atoms with E-state index in [0.717, 1.165) is 5.56 Å². The van der Waals surface area contributed by atoms with Crippen molar-refractivity contribution in [1.29, 1.82) is 0 Å². The first kappa shape index (κ1) is 20.6. The minimum atomic E-state index is -4.83. The maximum atomic E-state index is 14.3. The average Bonchev–Trinajstić information content (AvgIpc) is 2.66. The number of benzene rings is 2. The Morgan fingerprint density at radius 2 is 1.66 bits per heavy atom. The zero-order valence-electron chi connectivity index (χ0n) is 15.4. The van der Waals surface area contributed by atoms with Crippen LogP contribution in [0.2, 0.25) is 0 Å². The number of anilines is 1. The average molecular weight is 423 g/mol. The number of methoxy groups -OCH3 is 1. The molecule has 0 radical (unpaired) electrons. The summed E-state index contributed by atoms with van der Waals surface area (Å²) >= 11 is 0. The van der Waals surface area contributed by atoms with Crippen molar-refractivity contribution < 1.29 is 26.3 Å². The minimum absolute atomic E-state index is 0.298. The number of nitrogens with zero attached hydrogens (tertiary/aromatic N) is 3. The third-order valence-corrected chi connectivity index (χ3v) is 5.82. The summed E-state index contributed by atoms with van der Waals surface area (Å²) in [4.78, 5) is 6.49. The van der Waals surface area contributed by atoms with Crippen molar-refractivity contribution in [3.63, 3.8) is 0 Å². The highest BCUT2D eigenvalue weighted by Crippen LogP contribution is 2.30. The Bertz CT molecular complexity index is 1120. The molecule has 29 heavy (non-hydrogen) atoms. The SMILES string of the molecule is COc1cc(C)ccc1CN(c1ncccn1)S(=O)(=O)c1c(F)cc(F)cc1F. The predicted molar refractivity (Wildman–Crippen MR) is 99.4 cm³/mol. The summed E-state index contributed by atoms with van der Waals surface area (Å²) in [5.74, 6) is -4.28. The Morgan fingerprint density at radius 3 is 2.24 bits per heavy atom. The van der Waals surface area contributed by atoms with Gasteiger partial charge in [0.25, 0.3) is 10.0 Å². The van der Waals surface area contributed by atoms with Crippen LogP contribution in [0.4, 0.5) is 19.1 Å². The molecule has 1 aromatic heterocycles. The van der Waals surface area contributed by atoms with E-state index in [2.05, 4.69) is 9.97 Å². The van der Waals surface area contributed by atoms with Gasteiger partial charge in [0.1, 0.15) is 23.2 Å². The van der Waals surface area contributed by atoms with Crippen LogP contribution in [-0.2, 0) is 16.6 Å². The van der Waals surface area contributed by atoms with Crippen molar-refractivity contribution >= 4 is 16.0 Å². The van der Waals surface area contributed by atoms with Gasteiger partial charge in [0.05, 0.1) is 13.7 Å². The first-order valence-electron chi connectivity index (χ1n) is 8.32. The molecule has 10 heteroatoms. The molecule has 152 valence electrons. The van der Waals surface area contributed by atoms with Crippen LogP contribution in [0.3, 0.4) is 0 Å². The normalized spacial score (nSPS) is 11.3. The number of aryl methyl sites for hydroxylation is 1. The molecule has 0 fully saturated rings. The Kier molecular flexibility index (Phi) is 5.73. The van der Waals surface area contributed by atoms with Gasteiger partial charge in [-0.05, 0) is 24.6 Å². The molecule has 0 aliphatic heterocycles. The van der Waals surface area contributed by atoms with E-state index in [1.54, 1.807) is 18.2 Å². The molecule has 0 unspecified atom stereocenters. The lowest BCUT2D eigenvalue weighted by Crippen LogP contribution is -2.33. The second-order valence-electron chi connectivity index (χ2n) is 6.07. The van der Waals surface area contributed by atoms with Gasteiger partial charge in [-0.2, -0.15) is 0 Å². The third-order valence-electron chi connectivity index (χ3n) is 4.04. The first-order chi connectivity index (χ1) is 13.7. The standard InChI is InChI=1S/C19H16F3N3O3S/c1-12-4-5-13(17(8-12)28-2)11-25(19-23-6-3-7-24-19)29(26,27)18-15(21)9-14(20)10-16(18)22/h3-10H,11H2,1-2H3. The summed E-state index contributed by atoms with van der Waals surface area (Å²) < 4.78 is 74.1. The van der Waals surface area contributed by atoms with Gasteiger partial charge in [-0.3, -0.25) is 0 Å². The summed E-state index contributed by atoms with van der Waals surface area (Å²) in [6.45, 7) is 1.45. The van der Waals surface area contributed by atoms with Crippen LogP contribution in [0.5, 0.6) is 5.75 Å². The molecule has 0 spiro atoms. The summed E-state index contributed by atoms with van der Waals surface area (Å²) in [7, 11) is -3.42. The molecule has 0 bridgehead atoms. The van der Waals surface area contributed by atoms with Crippen molar-refractivity contribution in [3.05, 3.63) is 77.4 Å². The molecule has 2 aromatic carbocycles. The Hall–Kier alpha value is -3.14. The molecule has 0 saturated carbocycles. The summed E-state index contributed by atoms with van der Waals surface area (Å²) in [5, 5.41) is 0. The minimum Gasteiger partial charge on any atom is -0.496 e. The van der Waals surface area contributed by atoms with Crippen molar-refractivity contribution in [2.24, 2.45) is 0 Å². The molecule has 3 aromatic rings. The van der Waals surface area contributed by atoms with Crippen molar-refractivity contribution in [3.8, 4) is 5.75 Å². The van der Waals surface area contributed by atoms with Gasteiger partial charge in [-0.15, -0.1) is 0 Å². The predicted octanol–water partition coefficient (Wildman–Crippen LogP) is 3.61. The highest BCUT2D eigenvalue weighted by Gasteiger charge is 2.34. The fraction of sp³-hybridized carbons (Fsp3) is 0.158. The Labute approximate surface area is 165 Å². The van der Waals surface area contributed by atoms with Gasteiger partial charge >= 0.3 is 0 Å². The van der Waals surface area contributed by atoms with Crippen LogP contribution in [0.25, 0.3) is 0 Å². The van der Waals surface area contributed by atoms with E-state index < -0.39 is 32.4 Å². The zero-order chi connectivity index (χ0) is 21.2. The summed E-state index contributed by atoms with van der Waals surface area (Å²) in [6, 6.07) is 7.09. The van der Waals surface area contributed by atoms with Gasteiger partial charge in [-0.25, -0.2) is 35.9 Å². The van der Waals surface area contributed by atoms with Gasteiger partial charge in [-0.1, -0.05) is 12.1 Å². The fourth-order valence-electron chi connectivity index (χ4n) is 2.71. The number of rotatable bonds is 6. The van der Waals surface area contributed by atoms with E-state index in [1.807, 2.05) is 6.92 Å². The molecule has 6 nitrogen and oxygen atoms in total. The molecule has 0 N–H and O–H groups in total. The number of halogens is 3. The highest BCUT2D eigenvalue weighted by atomic mass is 32.2. The monoisotopic (exact) mass is 423 g/mol. The van der Waals surface area contributed by atoms with E-state index >= 15 is 0 Å². The quantitative estimate of drug-likeness (QED) is 0.606. The van der Waals surface area contributed by atoms with Crippen LogP contribution in [0, 0.1) is 24.4 Å². The fourth-order valence-corrected chi connectivity index (χ4v) is 4.16. The van der Waals surface area contributed by atoms with Crippen LogP contribution in [0.15, 0.2) is 53.7 Å². The van der Waals surface area contributed by atoms with Crippen LogP contribution in [0.1, 0.15) is 11.1 Å². The molecule has 0 aliphatic rings. The largest absolute Gasteiger partial charge is 0.496 e. The lowest BCUT2D eigenvalue weighted by atomic mass is 10.1. The van der Waals surface area contributed by atoms with E-state index in [9.17, 15) is 21.6 Å². The van der Waals surface area contributed by atoms with Crippen LogP contribution in [-0.4, -0.2) is 25.5 Å². The molecule has 1 heterocycles. The number of ether oxygens (including phenoxy) is 1. The lowest BCUT2D eigenvalue weighted by molar-refractivity contribution is 0.409. The van der Waals surface area contributed by atoms with Crippen molar-refractivity contribution in [2.45, 2.75) is 18.4 Å². The molecule has 3 rings (SSSR count). The lowest BCUT2D eigenvalue weighted by Gasteiger charge is -2.24. The maximum Gasteiger partial charge on any atom is 0.272 e. The molecule has 0 amide bonds. The van der Waals surface area contributed by atoms with Gasteiger partial charge < -0.3 is 4.74 Å². The maximum absolute atomic E-state index is 14.3. The number of hydrogen-bond acceptors (Lipinski definition) is 5. The molecular formula is C19H16F3N3O3S. The number of hydrogen-bond donors (Lipinski definition) is 0. The van der Waals surface area contributed by atoms with Gasteiger partial charge in [0.15, 0.2) is 4.90 Å². The van der Waals surface area contributed by atoms with E-state index in [-0.39, 0.29) is 12.5 Å². The van der Waals surface area contributed by atoms with Crippen molar-refractivity contribution in [1.82, 2.24) is 9.97 Å². The van der Waals surface area contributed by atoms with Crippen LogP contribution >= 0.6 is 0 Å². The van der Waals surface area contributed by atoms with E-state index in [4.69, 9.17) is 4.74 Å². The van der Waals surface area contributed by atoms with E-state index in [0.29, 0.717) is 27.8 Å². The zero-order valence-corrected chi connectivity index (χ0v) is 16.3. The highest BCUT2D eigenvalue weighted by molar-refractivity contribution is 7.92. The third kappa shape index (κ3) is 4.16. The molecular weight excluding hydrogens is 407 g/mol. The molecule has 0 saturated heterocycles. The number of aromatic nitrogens is 2. The van der Waals surface area contributed by atoms with E-state index in [1.165, 1.54) is 25.6 Å². The van der Waals surface area contributed by atoms with Gasteiger partial charge in [0.2, 0.25) is 5.95 Å².